The van der Waals surface area contributed by atoms with Crippen LogP contribution in [0.3, 0.4) is 0 Å². The fourth-order valence-corrected chi connectivity index (χ4v) is 2.56. The van der Waals surface area contributed by atoms with E-state index in [-0.39, 0.29) is 5.91 Å². The molecule has 1 unspecified atom stereocenters. The average Bonchev–Trinajstić information content (AvgIpc) is 3.30. The predicted octanol–water partition coefficient (Wildman–Crippen LogP) is 2.73. The molecule has 0 radical (unpaired) electrons. The molecule has 5 heteroatoms. The number of likely N-dealkylation sites (N-methyl/N-ethyl adjacent to an activating group) is 1. The van der Waals surface area contributed by atoms with Gasteiger partial charge in [-0.05, 0) is 37.0 Å². The van der Waals surface area contributed by atoms with Gasteiger partial charge in [-0.25, -0.2) is 4.98 Å². The Bertz CT molecular complexity index is 685. The van der Waals surface area contributed by atoms with Gasteiger partial charge in [-0.2, -0.15) is 0 Å². The Labute approximate surface area is 128 Å². The topological polar surface area (TPSA) is 53.4 Å². The summed E-state index contributed by atoms with van der Waals surface area (Å²) in [7, 11) is 1.69. The number of aliphatic hydroxyl groups excluding tert-OH is 1. The summed E-state index contributed by atoms with van der Waals surface area (Å²) < 4.78 is 0. The van der Waals surface area contributed by atoms with E-state index >= 15 is 0 Å². The van der Waals surface area contributed by atoms with Crippen molar-refractivity contribution in [2.75, 3.05) is 13.6 Å². The van der Waals surface area contributed by atoms with Crippen LogP contribution < -0.4 is 0 Å². The molecular formula is C16H17ClN2O2. The van der Waals surface area contributed by atoms with Gasteiger partial charge in [0.25, 0.3) is 5.91 Å². The van der Waals surface area contributed by atoms with Crippen LogP contribution in [0.1, 0.15) is 23.3 Å². The van der Waals surface area contributed by atoms with Gasteiger partial charge >= 0.3 is 0 Å². The van der Waals surface area contributed by atoms with Gasteiger partial charge < -0.3 is 10.0 Å². The molecule has 0 aliphatic heterocycles. The molecule has 1 aromatic carbocycles. The van der Waals surface area contributed by atoms with Crippen LogP contribution in [0.2, 0.25) is 5.02 Å². The first-order valence-electron chi connectivity index (χ1n) is 7.04. The summed E-state index contributed by atoms with van der Waals surface area (Å²) >= 11 is 5.96. The van der Waals surface area contributed by atoms with Crippen LogP contribution in [0.4, 0.5) is 0 Å². The van der Waals surface area contributed by atoms with Crippen LogP contribution in [0.15, 0.2) is 30.3 Å². The molecular weight excluding hydrogens is 288 g/mol. The number of carbonyl (C=O) groups excluding carboxylic acids is 1. The summed E-state index contributed by atoms with van der Waals surface area (Å²) in [5, 5.41) is 11.5. The summed E-state index contributed by atoms with van der Waals surface area (Å²) in [6.45, 7) is 0.346. The van der Waals surface area contributed by atoms with Crippen molar-refractivity contribution in [1.82, 2.24) is 9.88 Å². The minimum atomic E-state index is -0.436. The lowest BCUT2D eigenvalue weighted by molar-refractivity contribution is 0.0640. The van der Waals surface area contributed by atoms with Gasteiger partial charge in [-0.15, -0.1) is 0 Å². The molecule has 1 fully saturated rings. The Morgan fingerprint density at radius 2 is 2.14 bits per heavy atom. The van der Waals surface area contributed by atoms with Crippen molar-refractivity contribution in [3.05, 3.63) is 41.0 Å². The van der Waals surface area contributed by atoms with Crippen LogP contribution in [0.5, 0.6) is 0 Å². The van der Waals surface area contributed by atoms with Crippen molar-refractivity contribution >= 4 is 28.4 Å². The second-order valence-electron chi connectivity index (χ2n) is 5.62. The molecule has 3 rings (SSSR count). The van der Waals surface area contributed by atoms with E-state index in [1.807, 2.05) is 12.1 Å². The van der Waals surface area contributed by atoms with Crippen LogP contribution in [-0.2, 0) is 0 Å². The highest BCUT2D eigenvalue weighted by atomic mass is 35.5. The van der Waals surface area contributed by atoms with E-state index < -0.39 is 6.10 Å². The first kappa shape index (κ1) is 14.3. The zero-order chi connectivity index (χ0) is 15.0. The number of fused-ring (bicyclic) bond motifs is 1. The molecule has 1 aliphatic carbocycles. The predicted molar refractivity (Wildman–Crippen MR) is 82.4 cm³/mol. The lowest BCUT2D eigenvalue weighted by atomic mass is 10.2. The number of hydrogen-bond acceptors (Lipinski definition) is 3. The maximum Gasteiger partial charge on any atom is 0.272 e. The number of amides is 1. The van der Waals surface area contributed by atoms with E-state index in [4.69, 9.17) is 11.6 Å². The second kappa shape index (κ2) is 5.62. The number of halogens is 1. The van der Waals surface area contributed by atoms with Crippen LogP contribution in [0.25, 0.3) is 10.9 Å². The molecule has 21 heavy (non-hydrogen) atoms. The zero-order valence-electron chi connectivity index (χ0n) is 11.8. The number of benzene rings is 1. The van der Waals surface area contributed by atoms with Crippen molar-refractivity contribution in [1.29, 1.82) is 0 Å². The van der Waals surface area contributed by atoms with Crippen molar-refractivity contribution in [3.8, 4) is 0 Å². The fraction of sp³-hybridized carbons (Fsp3) is 0.375. The maximum absolute atomic E-state index is 12.4. The smallest absolute Gasteiger partial charge is 0.272 e. The molecule has 1 atom stereocenters. The van der Waals surface area contributed by atoms with E-state index in [1.165, 1.54) is 4.90 Å². The molecule has 0 saturated heterocycles. The Balaban J connectivity index is 1.79. The number of aliphatic hydroxyl groups is 1. The molecule has 110 valence electrons. The Hall–Kier alpha value is -1.65. The third-order valence-electron chi connectivity index (χ3n) is 3.85. The number of carbonyl (C=O) groups is 1. The number of aromatic nitrogens is 1. The van der Waals surface area contributed by atoms with Crippen LogP contribution in [-0.4, -0.2) is 40.6 Å². The Morgan fingerprint density at radius 1 is 1.43 bits per heavy atom. The first-order chi connectivity index (χ1) is 10.0. The van der Waals surface area contributed by atoms with Gasteiger partial charge in [0.15, 0.2) is 0 Å². The average molecular weight is 305 g/mol. The van der Waals surface area contributed by atoms with Crippen LogP contribution in [0, 0.1) is 5.92 Å². The quantitative estimate of drug-likeness (QED) is 0.945. The first-order valence-corrected chi connectivity index (χ1v) is 7.42. The van der Waals surface area contributed by atoms with E-state index in [0.717, 1.165) is 18.2 Å². The van der Waals surface area contributed by atoms with Gasteiger partial charge in [0.05, 0.1) is 11.6 Å². The third kappa shape index (κ3) is 3.17. The molecule has 1 aliphatic rings. The molecule has 0 bridgehead atoms. The minimum absolute atomic E-state index is 0.184. The molecule has 1 heterocycles. The third-order valence-corrected chi connectivity index (χ3v) is 4.08. The van der Waals surface area contributed by atoms with Gasteiger partial charge in [-0.1, -0.05) is 23.7 Å². The summed E-state index contributed by atoms with van der Waals surface area (Å²) in [6, 6.07) is 8.98. The lowest BCUT2D eigenvalue weighted by Crippen LogP contribution is -2.35. The lowest BCUT2D eigenvalue weighted by Gasteiger charge is -2.20. The van der Waals surface area contributed by atoms with Crippen molar-refractivity contribution in [3.63, 3.8) is 0 Å². The largest absolute Gasteiger partial charge is 0.391 e. The summed E-state index contributed by atoms with van der Waals surface area (Å²) in [4.78, 5) is 18.3. The zero-order valence-corrected chi connectivity index (χ0v) is 12.5. The normalized spacial score (nSPS) is 16.0. The van der Waals surface area contributed by atoms with Crippen LogP contribution >= 0.6 is 11.6 Å². The molecule has 1 N–H and O–H groups in total. The fourth-order valence-electron chi connectivity index (χ4n) is 2.40. The highest BCUT2D eigenvalue weighted by Gasteiger charge is 2.31. The van der Waals surface area contributed by atoms with E-state index in [2.05, 4.69) is 4.98 Å². The minimum Gasteiger partial charge on any atom is -0.391 e. The summed E-state index contributed by atoms with van der Waals surface area (Å²) in [5.74, 6) is 0.167. The Morgan fingerprint density at radius 3 is 2.86 bits per heavy atom. The number of hydrogen-bond donors (Lipinski definition) is 1. The highest BCUT2D eigenvalue weighted by molar-refractivity contribution is 6.31. The van der Waals surface area contributed by atoms with Crippen molar-refractivity contribution in [2.45, 2.75) is 18.9 Å². The second-order valence-corrected chi connectivity index (χ2v) is 6.06. The van der Waals surface area contributed by atoms with E-state index in [1.54, 1.807) is 25.2 Å². The standard InChI is InChI=1S/C16H17ClN2O2/c1-19(9-15(20)11-2-3-11)16(21)13-7-5-10-4-6-12(17)8-14(10)18-13/h4-8,11,15,20H,2-3,9H2,1H3. The SMILES string of the molecule is CN(CC(O)C1CC1)C(=O)c1ccc2ccc(Cl)cc2n1. The highest BCUT2D eigenvalue weighted by Crippen LogP contribution is 2.32. The maximum atomic E-state index is 12.4. The molecule has 2 aromatic rings. The Kier molecular flexibility index (Phi) is 3.83. The molecule has 1 saturated carbocycles. The summed E-state index contributed by atoms with van der Waals surface area (Å²) in [6.07, 6.45) is 1.67. The number of rotatable bonds is 4. The summed E-state index contributed by atoms with van der Waals surface area (Å²) in [5.41, 5.74) is 1.07. The van der Waals surface area contributed by atoms with E-state index in [0.29, 0.717) is 28.7 Å². The van der Waals surface area contributed by atoms with Gasteiger partial charge in [0.1, 0.15) is 5.69 Å². The van der Waals surface area contributed by atoms with Crippen molar-refractivity contribution in [2.24, 2.45) is 5.92 Å². The van der Waals surface area contributed by atoms with Gasteiger partial charge in [0, 0.05) is 24.0 Å². The molecule has 1 aromatic heterocycles. The number of nitrogens with zero attached hydrogens (tertiary/aromatic N) is 2. The van der Waals surface area contributed by atoms with Gasteiger partial charge in [-0.3, -0.25) is 4.79 Å². The van der Waals surface area contributed by atoms with Crippen molar-refractivity contribution < 1.29 is 9.90 Å². The number of pyridine rings is 1. The molecule has 1 amide bonds. The molecule has 4 nitrogen and oxygen atoms in total. The van der Waals surface area contributed by atoms with Gasteiger partial charge in [0.2, 0.25) is 0 Å². The molecule has 0 spiro atoms. The van der Waals surface area contributed by atoms with E-state index in [9.17, 15) is 9.90 Å². The monoisotopic (exact) mass is 304 g/mol.